The van der Waals surface area contributed by atoms with Crippen LogP contribution < -0.4 is 5.32 Å². The summed E-state index contributed by atoms with van der Waals surface area (Å²) in [5.74, 6) is -0.249. The molecule has 1 amide bonds. The average Bonchev–Trinajstić information content (AvgIpc) is 2.62. The van der Waals surface area contributed by atoms with Crippen LogP contribution in [0.15, 0.2) is 54.6 Å². The zero-order chi connectivity index (χ0) is 18.4. The molecule has 0 aromatic heterocycles. The maximum Gasteiger partial charge on any atom is 0.225 e. The number of hydrogen-bond donors (Lipinski definition) is 1. The summed E-state index contributed by atoms with van der Waals surface area (Å²) >= 11 is 0. The van der Waals surface area contributed by atoms with E-state index in [4.69, 9.17) is 0 Å². The highest BCUT2D eigenvalue weighted by Gasteiger charge is 2.29. The van der Waals surface area contributed by atoms with Crippen LogP contribution in [0.1, 0.15) is 42.3 Å². The average molecular weight is 334 g/mol. The Kier molecular flexibility index (Phi) is 5.71. The molecule has 0 bridgehead atoms. The van der Waals surface area contributed by atoms with Gasteiger partial charge in [0.1, 0.15) is 5.54 Å². The molecule has 0 aliphatic carbocycles. The predicted octanol–water partition coefficient (Wildman–Crippen LogP) is 3.51. The van der Waals surface area contributed by atoms with Crippen molar-refractivity contribution in [2.24, 2.45) is 5.92 Å². The Labute approximate surface area is 148 Å². The third-order valence-corrected chi connectivity index (χ3v) is 4.40. The molecule has 2 rings (SSSR count). The van der Waals surface area contributed by atoms with Crippen molar-refractivity contribution in [2.75, 3.05) is 0 Å². The summed E-state index contributed by atoms with van der Waals surface area (Å²) in [4.78, 5) is 24.6. The van der Waals surface area contributed by atoms with Gasteiger partial charge in [-0.15, -0.1) is 0 Å². The van der Waals surface area contributed by atoms with Crippen LogP contribution in [-0.4, -0.2) is 17.2 Å². The monoisotopic (exact) mass is 334 g/mol. The van der Waals surface area contributed by atoms with Crippen molar-refractivity contribution in [3.05, 3.63) is 71.3 Å². The van der Waals surface area contributed by atoms with Gasteiger partial charge in [-0.25, -0.2) is 0 Å². The van der Waals surface area contributed by atoms with Gasteiger partial charge >= 0.3 is 0 Å². The minimum absolute atomic E-state index is 0.00678. The Morgan fingerprint density at radius 1 is 1.04 bits per heavy atom. The number of carbonyl (C=O) groups excluding carboxylic acids is 2. The first-order valence-corrected chi connectivity index (χ1v) is 8.26. The zero-order valence-corrected chi connectivity index (χ0v) is 14.7. The first-order valence-electron chi connectivity index (χ1n) is 8.26. The molecular formula is C21H22N2O2. The molecule has 4 heteroatoms. The number of rotatable bonds is 6. The Hall–Kier alpha value is -2.93. The SMILES string of the molecule is CC(C)C(C)(C#N)NC(=O)Cc1ccc(C(=O)c2ccccc2)cc1. The molecule has 4 nitrogen and oxygen atoms in total. The molecule has 0 saturated heterocycles. The quantitative estimate of drug-likeness (QED) is 0.822. The Morgan fingerprint density at radius 3 is 2.12 bits per heavy atom. The first kappa shape index (κ1) is 18.4. The lowest BCUT2D eigenvalue weighted by Crippen LogP contribution is -2.49. The van der Waals surface area contributed by atoms with Crippen molar-refractivity contribution < 1.29 is 9.59 Å². The highest BCUT2D eigenvalue weighted by molar-refractivity contribution is 6.08. The minimum Gasteiger partial charge on any atom is -0.338 e. The van der Waals surface area contributed by atoms with Gasteiger partial charge < -0.3 is 5.32 Å². The van der Waals surface area contributed by atoms with Crippen LogP contribution in [0.4, 0.5) is 0 Å². The van der Waals surface area contributed by atoms with Gasteiger partial charge in [-0.05, 0) is 18.4 Å². The maximum atomic E-state index is 12.4. The molecule has 1 unspecified atom stereocenters. The number of benzene rings is 2. The summed E-state index contributed by atoms with van der Waals surface area (Å²) in [7, 11) is 0. The van der Waals surface area contributed by atoms with Crippen molar-refractivity contribution in [2.45, 2.75) is 32.7 Å². The second-order valence-corrected chi connectivity index (χ2v) is 6.59. The lowest BCUT2D eigenvalue weighted by Gasteiger charge is -2.27. The molecule has 1 N–H and O–H groups in total. The van der Waals surface area contributed by atoms with Crippen LogP contribution in [0.5, 0.6) is 0 Å². The van der Waals surface area contributed by atoms with E-state index in [0.717, 1.165) is 5.56 Å². The van der Waals surface area contributed by atoms with Gasteiger partial charge in [0.25, 0.3) is 0 Å². The van der Waals surface area contributed by atoms with Crippen LogP contribution in [-0.2, 0) is 11.2 Å². The Bertz CT molecular complexity index is 789. The van der Waals surface area contributed by atoms with Gasteiger partial charge in [-0.2, -0.15) is 5.26 Å². The first-order chi connectivity index (χ1) is 11.9. The third-order valence-electron chi connectivity index (χ3n) is 4.40. The number of carbonyl (C=O) groups is 2. The van der Waals surface area contributed by atoms with Crippen molar-refractivity contribution in [3.8, 4) is 6.07 Å². The van der Waals surface area contributed by atoms with Gasteiger partial charge in [-0.3, -0.25) is 9.59 Å². The molecule has 25 heavy (non-hydrogen) atoms. The lowest BCUT2D eigenvalue weighted by atomic mass is 9.90. The molecular weight excluding hydrogens is 312 g/mol. The molecule has 2 aromatic rings. The zero-order valence-electron chi connectivity index (χ0n) is 14.7. The van der Waals surface area contributed by atoms with E-state index in [1.54, 1.807) is 43.3 Å². The van der Waals surface area contributed by atoms with E-state index in [0.29, 0.717) is 11.1 Å². The molecule has 0 saturated carbocycles. The standard InChI is InChI=1S/C21H22N2O2/c1-15(2)21(3,14-22)23-19(24)13-16-9-11-18(12-10-16)20(25)17-7-5-4-6-8-17/h4-12,15H,13H2,1-3H3,(H,23,24). The molecule has 2 aromatic carbocycles. The summed E-state index contributed by atoms with van der Waals surface area (Å²) in [6.07, 6.45) is 0.170. The molecule has 1 atom stereocenters. The van der Waals surface area contributed by atoms with E-state index in [9.17, 15) is 14.9 Å². The Morgan fingerprint density at radius 2 is 1.60 bits per heavy atom. The topological polar surface area (TPSA) is 70.0 Å². The fraction of sp³-hybridized carbons (Fsp3) is 0.286. The van der Waals surface area contributed by atoms with Crippen LogP contribution in [0.3, 0.4) is 0 Å². The fourth-order valence-corrected chi connectivity index (χ4v) is 2.35. The second kappa shape index (κ2) is 7.76. The van der Waals surface area contributed by atoms with Crippen molar-refractivity contribution in [1.82, 2.24) is 5.32 Å². The maximum absolute atomic E-state index is 12.4. The second-order valence-electron chi connectivity index (χ2n) is 6.59. The van der Waals surface area contributed by atoms with E-state index in [2.05, 4.69) is 11.4 Å². The van der Waals surface area contributed by atoms with Crippen LogP contribution in [0, 0.1) is 17.2 Å². The predicted molar refractivity (Wildman–Crippen MR) is 97.0 cm³/mol. The highest BCUT2D eigenvalue weighted by Crippen LogP contribution is 2.16. The molecule has 128 valence electrons. The van der Waals surface area contributed by atoms with Gasteiger partial charge in [-0.1, -0.05) is 68.4 Å². The van der Waals surface area contributed by atoms with Crippen LogP contribution in [0.2, 0.25) is 0 Å². The molecule has 0 aliphatic rings. The van der Waals surface area contributed by atoms with Crippen molar-refractivity contribution in [1.29, 1.82) is 5.26 Å². The van der Waals surface area contributed by atoms with Gasteiger partial charge in [0.15, 0.2) is 5.78 Å². The smallest absolute Gasteiger partial charge is 0.225 e. The minimum atomic E-state index is -0.889. The number of nitrogens with one attached hydrogen (secondary N) is 1. The number of nitriles is 1. The summed E-state index contributed by atoms with van der Waals surface area (Å²) in [6.45, 7) is 5.51. The number of ketones is 1. The molecule has 0 radical (unpaired) electrons. The molecule has 0 spiro atoms. The molecule has 0 fully saturated rings. The van der Waals surface area contributed by atoms with Gasteiger partial charge in [0.2, 0.25) is 5.91 Å². The van der Waals surface area contributed by atoms with Crippen molar-refractivity contribution >= 4 is 11.7 Å². The van der Waals surface area contributed by atoms with Crippen LogP contribution >= 0.6 is 0 Å². The number of nitrogens with zero attached hydrogens (tertiary/aromatic N) is 1. The summed E-state index contributed by atoms with van der Waals surface area (Å²) < 4.78 is 0. The van der Waals surface area contributed by atoms with E-state index < -0.39 is 5.54 Å². The van der Waals surface area contributed by atoms with Crippen LogP contribution in [0.25, 0.3) is 0 Å². The van der Waals surface area contributed by atoms with Gasteiger partial charge in [0.05, 0.1) is 12.5 Å². The van der Waals surface area contributed by atoms with E-state index in [1.165, 1.54) is 0 Å². The Balaban J connectivity index is 2.05. The fourth-order valence-electron chi connectivity index (χ4n) is 2.35. The van der Waals surface area contributed by atoms with E-state index >= 15 is 0 Å². The van der Waals surface area contributed by atoms with E-state index in [1.807, 2.05) is 32.0 Å². The number of amides is 1. The summed E-state index contributed by atoms with van der Waals surface area (Å²) in [6, 6.07) is 18.2. The normalized spacial score (nSPS) is 12.9. The molecule has 0 heterocycles. The number of hydrogen-bond acceptors (Lipinski definition) is 3. The van der Waals surface area contributed by atoms with Crippen molar-refractivity contribution in [3.63, 3.8) is 0 Å². The van der Waals surface area contributed by atoms with E-state index in [-0.39, 0.29) is 24.0 Å². The molecule has 0 aliphatic heterocycles. The van der Waals surface area contributed by atoms with Gasteiger partial charge in [0, 0.05) is 11.1 Å². The summed E-state index contributed by atoms with van der Waals surface area (Å²) in [5.41, 5.74) is 1.13. The largest absolute Gasteiger partial charge is 0.338 e. The third kappa shape index (κ3) is 4.54. The lowest BCUT2D eigenvalue weighted by molar-refractivity contribution is -0.122. The summed E-state index contributed by atoms with van der Waals surface area (Å²) in [5, 5.41) is 12.1. The highest BCUT2D eigenvalue weighted by atomic mass is 16.1.